The third-order valence-corrected chi connectivity index (χ3v) is 4.40. The first-order valence-electron chi connectivity index (χ1n) is 7.46. The molecular formula is C18H17BrN2O3. The van der Waals surface area contributed by atoms with Crippen LogP contribution in [0.5, 0.6) is 11.5 Å². The van der Waals surface area contributed by atoms with Crippen LogP contribution in [-0.2, 0) is 6.42 Å². The van der Waals surface area contributed by atoms with E-state index in [1.54, 1.807) is 13.2 Å². The molecule has 0 aliphatic heterocycles. The zero-order valence-corrected chi connectivity index (χ0v) is 14.9. The van der Waals surface area contributed by atoms with E-state index in [0.717, 1.165) is 22.0 Å². The van der Waals surface area contributed by atoms with Crippen molar-refractivity contribution < 1.29 is 14.4 Å². The molecular weight excluding hydrogens is 372 g/mol. The van der Waals surface area contributed by atoms with Crippen molar-refractivity contribution in [2.45, 2.75) is 13.3 Å². The van der Waals surface area contributed by atoms with Crippen LogP contribution in [0.3, 0.4) is 0 Å². The zero-order chi connectivity index (χ0) is 17.3. The van der Waals surface area contributed by atoms with Crippen molar-refractivity contribution in [3.8, 4) is 33.9 Å². The van der Waals surface area contributed by atoms with Crippen LogP contribution in [0, 0.1) is 0 Å². The van der Waals surface area contributed by atoms with Crippen molar-refractivity contribution in [1.29, 1.82) is 0 Å². The lowest BCUT2D eigenvalue weighted by molar-refractivity contribution is 0.401. The lowest BCUT2D eigenvalue weighted by atomic mass is 9.98. The first-order valence-corrected chi connectivity index (χ1v) is 8.25. The summed E-state index contributed by atoms with van der Waals surface area (Å²) in [5.74, 6) is 1.40. The smallest absolute Gasteiger partial charge is 0.180 e. The number of halogens is 1. The van der Waals surface area contributed by atoms with Crippen molar-refractivity contribution in [1.82, 2.24) is 5.16 Å². The fourth-order valence-corrected chi connectivity index (χ4v) is 2.91. The summed E-state index contributed by atoms with van der Waals surface area (Å²) >= 11 is 3.41. The molecule has 0 spiro atoms. The first kappa shape index (κ1) is 16.4. The second-order valence-electron chi connectivity index (χ2n) is 5.31. The highest BCUT2D eigenvalue weighted by Gasteiger charge is 2.21. The Kier molecular flexibility index (Phi) is 4.49. The van der Waals surface area contributed by atoms with Crippen LogP contribution >= 0.6 is 15.9 Å². The van der Waals surface area contributed by atoms with Crippen LogP contribution in [0.25, 0.3) is 22.5 Å². The van der Waals surface area contributed by atoms with Gasteiger partial charge in [0.05, 0.1) is 18.2 Å². The number of nitrogens with two attached hydrogens (primary N) is 1. The lowest BCUT2D eigenvalue weighted by Gasteiger charge is -2.11. The second-order valence-corrected chi connectivity index (χ2v) is 6.23. The van der Waals surface area contributed by atoms with Crippen LogP contribution in [-0.4, -0.2) is 17.4 Å². The fourth-order valence-electron chi connectivity index (χ4n) is 2.64. The normalized spacial score (nSPS) is 10.8. The monoisotopic (exact) mass is 388 g/mol. The van der Waals surface area contributed by atoms with Gasteiger partial charge in [0.1, 0.15) is 11.5 Å². The largest absolute Gasteiger partial charge is 0.507 e. The predicted molar refractivity (Wildman–Crippen MR) is 97.1 cm³/mol. The summed E-state index contributed by atoms with van der Waals surface area (Å²) < 4.78 is 11.7. The summed E-state index contributed by atoms with van der Waals surface area (Å²) in [6.07, 6.45) is 0.758. The van der Waals surface area contributed by atoms with Crippen LogP contribution in [0.4, 0.5) is 5.82 Å². The number of aryl methyl sites for hydroxylation is 1. The van der Waals surface area contributed by atoms with Crippen molar-refractivity contribution >= 4 is 21.7 Å². The van der Waals surface area contributed by atoms with Gasteiger partial charge in [0.25, 0.3) is 0 Å². The third kappa shape index (κ3) is 2.85. The number of nitrogen functional groups attached to an aromatic ring is 1. The predicted octanol–water partition coefficient (Wildman–Crippen LogP) is 4.63. The molecule has 6 heteroatoms. The highest BCUT2D eigenvalue weighted by molar-refractivity contribution is 9.10. The maximum atomic E-state index is 10.4. The quantitative estimate of drug-likeness (QED) is 0.680. The Balaban J connectivity index is 2.20. The van der Waals surface area contributed by atoms with E-state index in [1.807, 2.05) is 37.3 Å². The van der Waals surface area contributed by atoms with Crippen LogP contribution < -0.4 is 10.5 Å². The molecule has 3 N–H and O–H groups in total. The Bertz CT molecular complexity index is 873. The Morgan fingerprint density at radius 2 is 1.96 bits per heavy atom. The van der Waals surface area contributed by atoms with E-state index < -0.39 is 0 Å². The number of methoxy groups -OCH3 is 1. The van der Waals surface area contributed by atoms with E-state index in [0.29, 0.717) is 22.6 Å². The summed E-state index contributed by atoms with van der Waals surface area (Å²) in [5.41, 5.74) is 9.02. The van der Waals surface area contributed by atoms with Gasteiger partial charge in [0, 0.05) is 10.5 Å². The van der Waals surface area contributed by atoms with Gasteiger partial charge in [-0.2, -0.15) is 0 Å². The molecule has 3 rings (SSSR count). The average molecular weight is 389 g/mol. The lowest BCUT2D eigenvalue weighted by Crippen LogP contribution is -1.93. The molecule has 24 heavy (non-hydrogen) atoms. The van der Waals surface area contributed by atoms with Crippen molar-refractivity contribution in [3.05, 3.63) is 46.4 Å². The minimum atomic E-state index is 0.0542. The van der Waals surface area contributed by atoms with E-state index >= 15 is 0 Å². The van der Waals surface area contributed by atoms with E-state index in [1.165, 1.54) is 0 Å². The first-order chi connectivity index (χ1) is 11.5. The van der Waals surface area contributed by atoms with Gasteiger partial charge in [-0.3, -0.25) is 0 Å². The Hall–Kier alpha value is -2.47. The Morgan fingerprint density at radius 3 is 2.58 bits per heavy atom. The molecule has 0 radical (unpaired) electrons. The number of phenolic OH excluding ortho intramolecular Hbond substituents is 1. The molecule has 0 fully saturated rings. The number of hydrogen-bond acceptors (Lipinski definition) is 5. The van der Waals surface area contributed by atoms with Gasteiger partial charge in [-0.15, -0.1) is 0 Å². The SMILES string of the molecule is CCc1cc(-c2onc(N)c2-c2ccc(Br)cc2)c(O)cc1OC. The van der Waals surface area contributed by atoms with E-state index in [4.69, 9.17) is 15.0 Å². The zero-order valence-electron chi connectivity index (χ0n) is 13.3. The van der Waals surface area contributed by atoms with Gasteiger partial charge in [-0.05, 0) is 35.7 Å². The molecule has 0 bridgehead atoms. The molecule has 0 saturated carbocycles. The molecule has 2 aromatic carbocycles. The summed E-state index contributed by atoms with van der Waals surface area (Å²) in [6.45, 7) is 2.02. The highest BCUT2D eigenvalue weighted by atomic mass is 79.9. The summed E-state index contributed by atoms with van der Waals surface area (Å²) in [4.78, 5) is 0. The van der Waals surface area contributed by atoms with E-state index in [9.17, 15) is 5.11 Å². The molecule has 0 unspecified atom stereocenters. The van der Waals surface area contributed by atoms with Gasteiger partial charge in [-0.1, -0.05) is 40.1 Å². The number of nitrogens with zero attached hydrogens (tertiary/aromatic N) is 1. The molecule has 0 aliphatic carbocycles. The summed E-state index contributed by atoms with van der Waals surface area (Å²) in [7, 11) is 1.58. The van der Waals surface area contributed by atoms with Crippen LogP contribution in [0.2, 0.25) is 0 Å². The number of phenols is 1. The molecule has 0 saturated heterocycles. The second kappa shape index (κ2) is 6.57. The standard InChI is InChI=1S/C18H17BrN2O3/c1-3-10-8-13(14(22)9-15(10)23-2)17-16(18(20)21-24-17)11-4-6-12(19)7-5-11/h4-9,22H,3H2,1-2H3,(H2,20,21). The number of benzene rings is 2. The van der Waals surface area contributed by atoms with E-state index in [-0.39, 0.29) is 11.6 Å². The van der Waals surface area contributed by atoms with Crippen molar-refractivity contribution in [2.24, 2.45) is 0 Å². The van der Waals surface area contributed by atoms with Crippen molar-refractivity contribution in [3.63, 3.8) is 0 Å². The number of rotatable bonds is 4. The number of aromatic nitrogens is 1. The van der Waals surface area contributed by atoms with Crippen LogP contribution in [0.1, 0.15) is 12.5 Å². The van der Waals surface area contributed by atoms with Gasteiger partial charge in [-0.25, -0.2) is 0 Å². The van der Waals surface area contributed by atoms with Crippen molar-refractivity contribution in [2.75, 3.05) is 12.8 Å². The Labute approximate surface area is 148 Å². The molecule has 3 aromatic rings. The summed E-state index contributed by atoms with van der Waals surface area (Å²) in [6, 6.07) is 11.1. The van der Waals surface area contributed by atoms with Gasteiger partial charge in [0.2, 0.25) is 0 Å². The molecule has 1 heterocycles. The number of hydrogen-bond donors (Lipinski definition) is 2. The van der Waals surface area contributed by atoms with Gasteiger partial charge < -0.3 is 20.1 Å². The number of ether oxygens (including phenoxy) is 1. The highest BCUT2D eigenvalue weighted by Crippen LogP contribution is 2.42. The Morgan fingerprint density at radius 1 is 1.25 bits per heavy atom. The maximum absolute atomic E-state index is 10.4. The molecule has 5 nitrogen and oxygen atoms in total. The van der Waals surface area contributed by atoms with Gasteiger partial charge >= 0.3 is 0 Å². The fraction of sp³-hybridized carbons (Fsp3) is 0.167. The number of aromatic hydroxyl groups is 1. The minimum Gasteiger partial charge on any atom is -0.507 e. The molecule has 1 aromatic heterocycles. The number of anilines is 1. The van der Waals surface area contributed by atoms with Gasteiger partial charge in [0.15, 0.2) is 11.6 Å². The van der Waals surface area contributed by atoms with E-state index in [2.05, 4.69) is 21.1 Å². The summed E-state index contributed by atoms with van der Waals surface area (Å²) in [5, 5.41) is 14.3. The molecule has 0 atom stereocenters. The molecule has 0 aliphatic rings. The average Bonchev–Trinajstić information content (AvgIpc) is 2.96. The minimum absolute atomic E-state index is 0.0542. The molecule has 0 amide bonds. The van der Waals surface area contributed by atoms with Crippen LogP contribution in [0.15, 0.2) is 45.4 Å². The third-order valence-electron chi connectivity index (χ3n) is 3.88. The topological polar surface area (TPSA) is 81.5 Å². The molecule has 124 valence electrons. The maximum Gasteiger partial charge on any atom is 0.180 e.